The third-order valence-corrected chi connectivity index (χ3v) is 6.15. The first kappa shape index (κ1) is 18.9. The van der Waals surface area contributed by atoms with Gasteiger partial charge in [0.1, 0.15) is 0 Å². The number of carbonyl (C=O) groups is 1. The summed E-state index contributed by atoms with van der Waals surface area (Å²) in [6, 6.07) is 6.78. The first-order valence-corrected chi connectivity index (χ1v) is 9.88. The maximum Gasteiger partial charge on any atom is 0.243 e. The number of nitrogens with zero attached hydrogens (tertiary/aromatic N) is 1. The smallest absolute Gasteiger partial charge is 0.243 e. The van der Waals surface area contributed by atoms with Crippen LogP contribution >= 0.6 is 0 Å². The van der Waals surface area contributed by atoms with Crippen LogP contribution in [0.3, 0.4) is 0 Å². The minimum atomic E-state index is -3.42. The van der Waals surface area contributed by atoms with Gasteiger partial charge >= 0.3 is 0 Å². The van der Waals surface area contributed by atoms with Gasteiger partial charge in [-0.1, -0.05) is 19.1 Å². The molecule has 0 spiro atoms. The summed E-state index contributed by atoms with van der Waals surface area (Å²) in [5.41, 5.74) is 0.888. The van der Waals surface area contributed by atoms with Gasteiger partial charge in [0.05, 0.1) is 4.90 Å². The molecule has 0 aromatic heterocycles. The molecule has 1 aromatic carbocycles. The van der Waals surface area contributed by atoms with Gasteiger partial charge in [0, 0.05) is 32.6 Å². The SMILES string of the molecule is CNCCC(=O)NCc1ccc(S(=O)(=O)N2CCCC(C)C2)cc1. The van der Waals surface area contributed by atoms with Gasteiger partial charge < -0.3 is 10.6 Å². The van der Waals surface area contributed by atoms with Crippen molar-refractivity contribution in [1.82, 2.24) is 14.9 Å². The van der Waals surface area contributed by atoms with Crippen molar-refractivity contribution in [3.63, 3.8) is 0 Å². The van der Waals surface area contributed by atoms with E-state index in [0.717, 1.165) is 18.4 Å². The maximum absolute atomic E-state index is 12.7. The quantitative estimate of drug-likeness (QED) is 0.775. The molecule has 2 rings (SSSR count). The van der Waals surface area contributed by atoms with Crippen molar-refractivity contribution in [3.05, 3.63) is 29.8 Å². The topological polar surface area (TPSA) is 78.5 Å². The van der Waals surface area contributed by atoms with E-state index in [4.69, 9.17) is 0 Å². The number of nitrogens with one attached hydrogen (secondary N) is 2. The first-order chi connectivity index (χ1) is 11.4. The van der Waals surface area contributed by atoms with E-state index < -0.39 is 10.0 Å². The maximum atomic E-state index is 12.7. The van der Waals surface area contributed by atoms with Gasteiger partial charge in [0.2, 0.25) is 15.9 Å². The highest BCUT2D eigenvalue weighted by Gasteiger charge is 2.28. The van der Waals surface area contributed by atoms with Crippen molar-refractivity contribution < 1.29 is 13.2 Å². The van der Waals surface area contributed by atoms with Crippen LogP contribution in [0.15, 0.2) is 29.2 Å². The summed E-state index contributed by atoms with van der Waals surface area (Å²) in [5.74, 6) is 0.379. The molecule has 1 atom stereocenters. The lowest BCUT2D eigenvalue weighted by atomic mass is 10.0. The van der Waals surface area contributed by atoms with Gasteiger partial charge in [0.25, 0.3) is 0 Å². The highest BCUT2D eigenvalue weighted by atomic mass is 32.2. The Kier molecular flexibility index (Phi) is 6.77. The Hall–Kier alpha value is -1.44. The summed E-state index contributed by atoms with van der Waals surface area (Å²) in [4.78, 5) is 11.9. The summed E-state index contributed by atoms with van der Waals surface area (Å²) in [5, 5.41) is 5.75. The van der Waals surface area contributed by atoms with Crippen LogP contribution in [0.5, 0.6) is 0 Å². The van der Waals surface area contributed by atoms with Gasteiger partial charge in [-0.2, -0.15) is 4.31 Å². The normalized spacial score (nSPS) is 19.2. The van der Waals surface area contributed by atoms with Crippen LogP contribution in [0, 0.1) is 5.92 Å². The number of piperidine rings is 1. The number of benzene rings is 1. The zero-order valence-corrected chi connectivity index (χ0v) is 15.2. The van der Waals surface area contributed by atoms with Crippen LogP contribution in [0.2, 0.25) is 0 Å². The Morgan fingerprint density at radius 1 is 1.29 bits per heavy atom. The Bertz CT molecular complexity index is 644. The Morgan fingerprint density at radius 3 is 2.62 bits per heavy atom. The van der Waals surface area contributed by atoms with Gasteiger partial charge in [-0.05, 0) is 43.5 Å². The standard InChI is InChI=1S/C17H27N3O3S/c1-14-4-3-11-20(13-14)24(22,23)16-7-5-15(6-8-16)12-19-17(21)9-10-18-2/h5-8,14,18H,3-4,9-13H2,1-2H3,(H,19,21). The lowest BCUT2D eigenvalue weighted by molar-refractivity contribution is -0.121. The number of carbonyl (C=O) groups excluding carboxylic acids is 1. The molecule has 0 saturated carbocycles. The van der Waals surface area contributed by atoms with Crippen LogP contribution in [0.1, 0.15) is 31.7 Å². The van der Waals surface area contributed by atoms with Gasteiger partial charge in [-0.25, -0.2) is 8.42 Å². The second-order valence-electron chi connectivity index (χ2n) is 6.38. The number of hydrogen-bond donors (Lipinski definition) is 2. The van der Waals surface area contributed by atoms with E-state index in [-0.39, 0.29) is 5.91 Å². The van der Waals surface area contributed by atoms with Gasteiger partial charge in [-0.3, -0.25) is 4.79 Å². The van der Waals surface area contributed by atoms with Crippen molar-refractivity contribution >= 4 is 15.9 Å². The zero-order chi connectivity index (χ0) is 17.6. The average Bonchev–Trinajstić information content (AvgIpc) is 2.58. The number of rotatable bonds is 7. The first-order valence-electron chi connectivity index (χ1n) is 8.44. The fourth-order valence-electron chi connectivity index (χ4n) is 2.82. The van der Waals surface area contributed by atoms with E-state index in [1.807, 2.05) is 0 Å². The minimum absolute atomic E-state index is 0.0247. The predicted molar refractivity (Wildman–Crippen MR) is 94.0 cm³/mol. The predicted octanol–water partition coefficient (Wildman–Crippen LogP) is 1.33. The number of hydrogen-bond acceptors (Lipinski definition) is 4. The van der Waals surface area contributed by atoms with Crippen LogP contribution in [-0.2, 0) is 21.4 Å². The van der Waals surface area contributed by atoms with Crippen LogP contribution in [0.25, 0.3) is 0 Å². The molecule has 0 radical (unpaired) electrons. The summed E-state index contributed by atoms with van der Waals surface area (Å²) in [6.07, 6.45) is 2.42. The summed E-state index contributed by atoms with van der Waals surface area (Å²) in [6.45, 7) is 4.31. The number of amides is 1. The molecule has 1 fully saturated rings. The molecule has 2 N–H and O–H groups in total. The van der Waals surface area contributed by atoms with Crippen LogP contribution < -0.4 is 10.6 Å². The van der Waals surface area contributed by atoms with E-state index in [1.165, 1.54) is 0 Å². The molecule has 1 amide bonds. The van der Waals surface area contributed by atoms with E-state index in [2.05, 4.69) is 17.6 Å². The fraction of sp³-hybridized carbons (Fsp3) is 0.588. The van der Waals surface area contributed by atoms with Crippen molar-refractivity contribution in [2.75, 3.05) is 26.7 Å². The Labute approximate surface area is 144 Å². The van der Waals surface area contributed by atoms with Crippen molar-refractivity contribution in [1.29, 1.82) is 0 Å². The molecule has 0 aliphatic carbocycles. The third kappa shape index (κ3) is 5.03. The molecule has 1 saturated heterocycles. The minimum Gasteiger partial charge on any atom is -0.352 e. The molecule has 1 heterocycles. The molecule has 1 aliphatic heterocycles. The summed E-state index contributed by atoms with van der Waals surface area (Å²) in [7, 11) is -1.62. The molecule has 7 heteroatoms. The lowest BCUT2D eigenvalue weighted by Gasteiger charge is -2.30. The average molecular weight is 353 g/mol. The van der Waals surface area contributed by atoms with E-state index in [1.54, 1.807) is 35.6 Å². The second kappa shape index (κ2) is 8.60. The van der Waals surface area contributed by atoms with Crippen LogP contribution in [0.4, 0.5) is 0 Å². The molecular weight excluding hydrogens is 326 g/mol. The molecule has 24 heavy (non-hydrogen) atoms. The zero-order valence-electron chi connectivity index (χ0n) is 14.4. The van der Waals surface area contributed by atoms with Gasteiger partial charge in [0.15, 0.2) is 0 Å². The Balaban J connectivity index is 1.97. The molecule has 1 aromatic rings. The van der Waals surface area contributed by atoms with Crippen molar-refractivity contribution in [2.24, 2.45) is 5.92 Å². The molecule has 6 nitrogen and oxygen atoms in total. The van der Waals surface area contributed by atoms with E-state index >= 15 is 0 Å². The Morgan fingerprint density at radius 2 is 2.00 bits per heavy atom. The molecule has 1 aliphatic rings. The van der Waals surface area contributed by atoms with E-state index in [0.29, 0.717) is 43.4 Å². The van der Waals surface area contributed by atoms with Gasteiger partial charge in [-0.15, -0.1) is 0 Å². The molecule has 134 valence electrons. The third-order valence-electron chi connectivity index (χ3n) is 4.27. The van der Waals surface area contributed by atoms with Crippen molar-refractivity contribution in [2.45, 2.75) is 37.6 Å². The molecule has 1 unspecified atom stereocenters. The van der Waals surface area contributed by atoms with E-state index in [9.17, 15) is 13.2 Å². The highest BCUT2D eigenvalue weighted by molar-refractivity contribution is 7.89. The second-order valence-corrected chi connectivity index (χ2v) is 8.32. The molecular formula is C17H27N3O3S. The monoisotopic (exact) mass is 353 g/mol. The molecule has 0 bridgehead atoms. The fourth-order valence-corrected chi connectivity index (χ4v) is 4.42. The summed E-state index contributed by atoms with van der Waals surface area (Å²) < 4.78 is 26.9. The highest BCUT2D eigenvalue weighted by Crippen LogP contribution is 2.23. The van der Waals surface area contributed by atoms with Crippen LogP contribution in [-0.4, -0.2) is 45.3 Å². The summed E-state index contributed by atoms with van der Waals surface area (Å²) >= 11 is 0. The number of sulfonamides is 1. The lowest BCUT2D eigenvalue weighted by Crippen LogP contribution is -2.39. The largest absolute Gasteiger partial charge is 0.352 e. The van der Waals surface area contributed by atoms with Crippen molar-refractivity contribution in [3.8, 4) is 0 Å².